The summed E-state index contributed by atoms with van der Waals surface area (Å²) in [7, 11) is 0. The predicted octanol–water partition coefficient (Wildman–Crippen LogP) is 4.64. The van der Waals surface area contributed by atoms with E-state index in [4.69, 9.17) is 17.4 Å². The number of hydrazone groups is 1. The number of anilines is 1. The van der Waals surface area contributed by atoms with E-state index in [-0.39, 0.29) is 19.0 Å². The van der Waals surface area contributed by atoms with Crippen LogP contribution in [0.4, 0.5) is 18.9 Å². The van der Waals surface area contributed by atoms with Gasteiger partial charge in [-0.1, -0.05) is 45.7 Å². The van der Waals surface area contributed by atoms with Gasteiger partial charge in [0.15, 0.2) is 0 Å². The number of benzene rings is 1. The number of rotatable bonds is 8. The Balaban J connectivity index is 0.000000643. The molecule has 37 heavy (non-hydrogen) atoms. The second kappa shape index (κ2) is 17.8. The van der Waals surface area contributed by atoms with E-state index < -0.39 is 17.8 Å². The van der Waals surface area contributed by atoms with Crippen LogP contribution in [0.25, 0.3) is 0 Å². The van der Waals surface area contributed by atoms with Crippen molar-refractivity contribution in [3.8, 4) is 0 Å². The monoisotopic (exact) mass is 550 g/mol. The number of hydrogen-bond donors (Lipinski definition) is 1. The Morgan fingerprint density at radius 1 is 1.11 bits per heavy atom. The summed E-state index contributed by atoms with van der Waals surface area (Å²) >= 11 is 5.82. The van der Waals surface area contributed by atoms with Crippen molar-refractivity contribution in [2.24, 2.45) is 16.9 Å². The Labute approximate surface area is 224 Å². The van der Waals surface area contributed by atoms with Crippen LogP contribution in [0.2, 0.25) is 5.02 Å². The number of nitrogens with two attached hydrogens (primary N) is 1. The van der Waals surface area contributed by atoms with Gasteiger partial charge in [-0.05, 0) is 31.2 Å². The van der Waals surface area contributed by atoms with Gasteiger partial charge in [0.1, 0.15) is 5.71 Å². The molecule has 1 aliphatic heterocycles. The molecule has 2 rings (SSSR count). The summed E-state index contributed by atoms with van der Waals surface area (Å²) in [5.74, 6) is 4.31. The quantitative estimate of drug-likeness (QED) is 0.168. The number of hydrazine groups is 1. The van der Waals surface area contributed by atoms with Crippen LogP contribution >= 0.6 is 11.6 Å². The van der Waals surface area contributed by atoms with Crippen LogP contribution in [0.1, 0.15) is 48.0 Å². The first-order chi connectivity index (χ1) is 17.3. The molecule has 1 fully saturated rings. The van der Waals surface area contributed by atoms with Gasteiger partial charge in [-0.25, -0.2) is 5.84 Å². The molecule has 0 aromatic heterocycles. The lowest BCUT2D eigenvalue weighted by Crippen LogP contribution is -2.45. The molecular formula is C25H42ClF3N6O2. The first kappa shape index (κ1) is 34.5. The maximum absolute atomic E-state index is 12.7. The Morgan fingerprint density at radius 2 is 1.62 bits per heavy atom. The molecule has 1 saturated heterocycles. The van der Waals surface area contributed by atoms with E-state index in [1.165, 1.54) is 37.9 Å². The lowest BCUT2D eigenvalue weighted by atomic mass is 10.1. The van der Waals surface area contributed by atoms with Crippen molar-refractivity contribution in [1.82, 2.24) is 14.9 Å². The molecule has 12 heteroatoms. The number of nitrogens with zero attached hydrogens (tertiary/aromatic N) is 5. The molecule has 8 nitrogen and oxygen atoms in total. The summed E-state index contributed by atoms with van der Waals surface area (Å²) in [4.78, 5) is 25.5. The molecule has 0 atom stereocenters. The fourth-order valence-corrected chi connectivity index (χ4v) is 3.17. The van der Waals surface area contributed by atoms with E-state index in [1.54, 1.807) is 11.8 Å². The molecule has 1 heterocycles. The van der Waals surface area contributed by atoms with Crippen LogP contribution in [-0.2, 0) is 9.59 Å². The summed E-state index contributed by atoms with van der Waals surface area (Å²) in [6.45, 7) is 14.0. The highest BCUT2D eigenvalue weighted by Gasteiger charge is 2.38. The predicted molar refractivity (Wildman–Crippen MR) is 144 cm³/mol. The molecule has 2 N–H and O–H groups in total. The lowest BCUT2D eigenvalue weighted by Gasteiger charge is -2.34. The third kappa shape index (κ3) is 14.1. The largest absolute Gasteiger partial charge is 0.431 e. The topological polar surface area (TPSA) is 85.5 Å². The summed E-state index contributed by atoms with van der Waals surface area (Å²) in [6.07, 6.45) is -2.29. The second-order valence-electron chi connectivity index (χ2n) is 8.71. The van der Waals surface area contributed by atoms with E-state index in [0.29, 0.717) is 6.54 Å². The number of piperazine rings is 1. The number of hydrogen-bond acceptors (Lipinski definition) is 6. The molecule has 1 aromatic rings. The zero-order valence-corrected chi connectivity index (χ0v) is 23.5. The van der Waals surface area contributed by atoms with Crippen molar-refractivity contribution < 1.29 is 22.8 Å². The zero-order chi connectivity index (χ0) is 28.6. The van der Waals surface area contributed by atoms with E-state index >= 15 is 0 Å². The normalized spacial score (nSPS) is 13.8. The molecule has 0 bridgehead atoms. The summed E-state index contributed by atoms with van der Waals surface area (Å²) in [5, 5.41) is 6.58. The minimum atomic E-state index is -4.45. The highest BCUT2D eigenvalue weighted by atomic mass is 35.5. The zero-order valence-electron chi connectivity index (χ0n) is 22.8. The Morgan fingerprint density at radius 3 is 2.00 bits per heavy atom. The van der Waals surface area contributed by atoms with Crippen molar-refractivity contribution in [3.05, 3.63) is 29.3 Å². The number of alkyl halides is 3. The third-order valence-corrected chi connectivity index (χ3v) is 5.36. The van der Waals surface area contributed by atoms with Gasteiger partial charge in [-0.15, -0.1) is 0 Å². The molecule has 2 amide bonds. The van der Waals surface area contributed by atoms with Gasteiger partial charge in [0.25, 0.3) is 0 Å². The summed E-state index contributed by atoms with van der Waals surface area (Å²) in [6, 6.07) is 7.81. The van der Waals surface area contributed by atoms with Crippen molar-refractivity contribution in [2.45, 2.75) is 54.1 Å². The number of amides is 2. The van der Waals surface area contributed by atoms with Gasteiger partial charge in [0.2, 0.25) is 12.3 Å². The maximum atomic E-state index is 12.7. The molecule has 0 unspecified atom stereocenters. The van der Waals surface area contributed by atoms with E-state index in [0.717, 1.165) is 42.6 Å². The highest BCUT2D eigenvalue weighted by Crippen LogP contribution is 2.23. The van der Waals surface area contributed by atoms with Crippen molar-refractivity contribution in [3.63, 3.8) is 0 Å². The number of halogens is 4. The molecule has 0 spiro atoms. The smallest absolute Gasteiger partial charge is 0.368 e. The Hall–Kier alpha value is -2.53. The standard InChI is InChI=1S/C11H13ClN2O.C11H21F3N4O.C3H8/c12-10-1-3-11(4-2-10)14-7-5-13(9-15)6-8-14;1-5-17(6-7-18(15)9(4)19)16-10(8(2)3)11(12,13)14;1-3-2/h1-4,9H,5-8H2;8H,5-7,15H2,1-4H3;3H2,1-2H3/b;16-10+;. The van der Waals surface area contributed by atoms with Crippen LogP contribution in [0.15, 0.2) is 29.4 Å². The van der Waals surface area contributed by atoms with Crippen LogP contribution in [0.5, 0.6) is 0 Å². The third-order valence-electron chi connectivity index (χ3n) is 5.11. The average Bonchev–Trinajstić information content (AvgIpc) is 2.84. The van der Waals surface area contributed by atoms with Crippen molar-refractivity contribution >= 4 is 35.3 Å². The van der Waals surface area contributed by atoms with Crippen LogP contribution in [0, 0.1) is 5.92 Å². The van der Waals surface area contributed by atoms with Gasteiger partial charge in [-0.3, -0.25) is 19.6 Å². The minimum Gasteiger partial charge on any atom is -0.368 e. The molecule has 0 saturated carbocycles. The van der Waals surface area contributed by atoms with Gasteiger partial charge >= 0.3 is 6.18 Å². The fraction of sp³-hybridized carbons (Fsp3) is 0.640. The maximum Gasteiger partial charge on any atom is 0.431 e. The highest BCUT2D eigenvalue weighted by molar-refractivity contribution is 6.30. The first-order valence-electron chi connectivity index (χ1n) is 12.4. The summed E-state index contributed by atoms with van der Waals surface area (Å²) < 4.78 is 38.2. The molecule has 1 aliphatic rings. The molecule has 0 aliphatic carbocycles. The van der Waals surface area contributed by atoms with Crippen molar-refractivity contribution in [1.29, 1.82) is 0 Å². The van der Waals surface area contributed by atoms with Gasteiger partial charge in [0, 0.05) is 56.3 Å². The fourth-order valence-electron chi connectivity index (χ4n) is 3.05. The second-order valence-corrected chi connectivity index (χ2v) is 9.14. The minimum absolute atomic E-state index is 0.121. The molecular weight excluding hydrogens is 509 g/mol. The van der Waals surface area contributed by atoms with Gasteiger partial charge < -0.3 is 9.80 Å². The van der Waals surface area contributed by atoms with Crippen molar-refractivity contribution in [2.75, 3.05) is 50.7 Å². The first-order valence-corrected chi connectivity index (χ1v) is 12.8. The Bertz CT molecular complexity index is 814. The molecule has 0 radical (unpaired) electrons. The number of carbonyl (C=O) groups excluding carboxylic acids is 2. The van der Waals surface area contributed by atoms with E-state index in [9.17, 15) is 22.8 Å². The Kier molecular flexibility index (Phi) is 16.6. The van der Waals surface area contributed by atoms with Crippen LogP contribution in [0.3, 0.4) is 0 Å². The van der Waals surface area contributed by atoms with Gasteiger partial charge in [0.05, 0.1) is 13.1 Å². The lowest BCUT2D eigenvalue weighted by molar-refractivity contribution is -0.129. The number of carbonyl (C=O) groups is 2. The average molecular weight is 551 g/mol. The SMILES string of the molecule is CCC.CCN(CCN(N)C(C)=O)/N=C(\C(C)C)C(F)(F)F.O=CN1CCN(c2ccc(Cl)cc2)CC1. The van der Waals surface area contributed by atoms with Crippen LogP contribution < -0.4 is 10.7 Å². The molecule has 212 valence electrons. The summed E-state index contributed by atoms with van der Waals surface area (Å²) in [5.41, 5.74) is 0.339. The van der Waals surface area contributed by atoms with Crippen LogP contribution in [-0.4, -0.2) is 84.9 Å². The van der Waals surface area contributed by atoms with Gasteiger partial charge in [-0.2, -0.15) is 18.3 Å². The molecule has 1 aromatic carbocycles. The van der Waals surface area contributed by atoms with E-state index in [1.807, 2.05) is 24.3 Å². The van der Waals surface area contributed by atoms with E-state index in [2.05, 4.69) is 23.8 Å². The number of likely N-dealkylation sites (N-methyl/N-ethyl adjacent to an activating group) is 1.